The van der Waals surface area contributed by atoms with Crippen molar-refractivity contribution in [1.82, 2.24) is 9.97 Å². The molecule has 174 valence electrons. The van der Waals surface area contributed by atoms with E-state index in [4.69, 9.17) is 4.74 Å². The Morgan fingerprint density at radius 1 is 0.818 bits per heavy atom. The van der Waals surface area contributed by atoms with Crippen LogP contribution >= 0.6 is 0 Å². The van der Waals surface area contributed by atoms with Gasteiger partial charge in [0.1, 0.15) is 5.82 Å². The molecule has 0 aliphatic heterocycles. The Morgan fingerprint density at radius 2 is 1.48 bits per heavy atom. The Labute approximate surface area is 196 Å². The lowest BCUT2D eigenvalue weighted by atomic mass is 10.0. The summed E-state index contributed by atoms with van der Waals surface area (Å²) < 4.78 is 19.7. The zero-order valence-corrected chi connectivity index (χ0v) is 19.6. The predicted octanol–water partition coefficient (Wildman–Crippen LogP) is 7.36. The van der Waals surface area contributed by atoms with Gasteiger partial charge < -0.3 is 4.74 Å². The summed E-state index contributed by atoms with van der Waals surface area (Å²) in [5.41, 5.74) is 3.73. The zero-order valence-electron chi connectivity index (χ0n) is 19.6. The van der Waals surface area contributed by atoms with Gasteiger partial charge in [0.15, 0.2) is 0 Å². The molecule has 1 heterocycles. The molecule has 0 fully saturated rings. The molecule has 0 radical (unpaired) electrons. The van der Waals surface area contributed by atoms with E-state index in [0.29, 0.717) is 5.69 Å². The number of halogens is 1. The highest BCUT2D eigenvalue weighted by Crippen LogP contribution is 2.20. The number of carbonyl (C=O) groups excluding carboxylic acids is 1. The van der Waals surface area contributed by atoms with Crippen LogP contribution in [-0.4, -0.2) is 15.9 Å². The Balaban J connectivity index is 1.57. The molecule has 1 aromatic heterocycles. The molecular weight excluding hydrogens is 415 g/mol. The van der Waals surface area contributed by atoms with Crippen LogP contribution in [0.2, 0.25) is 0 Å². The van der Waals surface area contributed by atoms with Gasteiger partial charge >= 0.3 is 5.97 Å². The monoisotopic (exact) mass is 448 g/mol. The molecule has 0 atom stereocenters. The van der Waals surface area contributed by atoms with E-state index in [1.807, 2.05) is 12.1 Å². The predicted molar refractivity (Wildman–Crippen MR) is 130 cm³/mol. The summed E-state index contributed by atoms with van der Waals surface area (Å²) in [7, 11) is 0. The van der Waals surface area contributed by atoms with Crippen molar-refractivity contribution >= 4 is 5.97 Å². The van der Waals surface area contributed by atoms with Crippen LogP contribution in [-0.2, 0) is 12.8 Å². The molecule has 0 bridgehead atoms. The number of esters is 1. The highest BCUT2D eigenvalue weighted by atomic mass is 19.1. The van der Waals surface area contributed by atoms with Crippen molar-refractivity contribution in [2.24, 2.45) is 0 Å². The van der Waals surface area contributed by atoms with Crippen molar-refractivity contribution in [3.05, 3.63) is 77.4 Å². The van der Waals surface area contributed by atoms with Gasteiger partial charge in [-0.05, 0) is 48.9 Å². The maximum Gasteiger partial charge on any atom is 0.347 e. The minimum atomic E-state index is -0.775. The van der Waals surface area contributed by atoms with E-state index in [1.165, 1.54) is 49.6 Å². The van der Waals surface area contributed by atoms with Crippen LogP contribution in [0.25, 0.3) is 11.3 Å². The van der Waals surface area contributed by atoms with Gasteiger partial charge in [0.05, 0.1) is 23.7 Å². The van der Waals surface area contributed by atoms with Crippen molar-refractivity contribution in [3.8, 4) is 17.1 Å². The van der Waals surface area contributed by atoms with E-state index in [0.717, 1.165) is 43.2 Å². The molecule has 0 unspecified atom stereocenters. The minimum Gasteiger partial charge on any atom is -0.402 e. The lowest BCUT2D eigenvalue weighted by Crippen LogP contribution is -2.12. The summed E-state index contributed by atoms with van der Waals surface area (Å²) >= 11 is 0. The number of ether oxygens (including phenoxy) is 1. The molecule has 0 aliphatic rings. The largest absolute Gasteiger partial charge is 0.402 e. The first-order valence-corrected chi connectivity index (χ1v) is 12.0. The molecule has 0 N–H and O–H groups in total. The van der Waals surface area contributed by atoms with Crippen LogP contribution in [0.5, 0.6) is 5.88 Å². The average Bonchev–Trinajstić information content (AvgIpc) is 2.83. The number of unbranched alkanes of at least 4 members (excludes halogenated alkanes) is 5. The number of aryl methyl sites for hydroxylation is 2. The summed E-state index contributed by atoms with van der Waals surface area (Å²) in [6, 6.07) is 13.0. The first-order valence-electron chi connectivity index (χ1n) is 12.0. The first-order chi connectivity index (χ1) is 16.1. The summed E-state index contributed by atoms with van der Waals surface area (Å²) in [6.45, 7) is 4.36. The number of benzene rings is 2. The quantitative estimate of drug-likeness (QED) is 0.215. The summed E-state index contributed by atoms with van der Waals surface area (Å²) in [4.78, 5) is 20.9. The molecule has 0 saturated carbocycles. The molecule has 0 spiro atoms. The maximum absolute atomic E-state index is 14.5. The van der Waals surface area contributed by atoms with Crippen molar-refractivity contribution in [2.75, 3.05) is 0 Å². The number of hydrogen-bond donors (Lipinski definition) is 0. The molecule has 33 heavy (non-hydrogen) atoms. The molecule has 2 aromatic carbocycles. The van der Waals surface area contributed by atoms with Crippen LogP contribution in [0.15, 0.2) is 54.9 Å². The summed E-state index contributed by atoms with van der Waals surface area (Å²) in [5.74, 6) is -1.30. The minimum absolute atomic E-state index is 0.0444. The number of aromatic nitrogens is 2. The van der Waals surface area contributed by atoms with E-state index in [-0.39, 0.29) is 11.4 Å². The number of rotatable bonds is 12. The fraction of sp³-hybridized carbons (Fsp3) is 0.393. The van der Waals surface area contributed by atoms with Gasteiger partial charge in [0.2, 0.25) is 5.88 Å². The van der Waals surface area contributed by atoms with Crippen molar-refractivity contribution in [2.45, 2.75) is 71.6 Å². The van der Waals surface area contributed by atoms with E-state index in [1.54, 1.807) is 12.3 Å². The number of hydrogen-bond acceptors (Lipinski definition) is 4. The molecule has 0 saturated heterocycles. The van der Waals surface area contributed by atoms with Crippen molar-refractivity contribution in [3.63, 3.8) is 0 Å². The SMILES string of the molecule is CCCCCCc1ccc(C(=O)Oc2cnc(-c3ccc(CCCCC)cc3)cn2)c(F)c1. The topological polar surface area (TPSA) is 52.1 Å². The summed E-state index contributed by atoms with van der Waals surface area (Å²) in [6.07, 6.45) is 12.9. The molecule has 3 rings (SSSR count). The number of nitrogens with zero attached hydrogens (tertiary/aromatic N) is 2. The molecule has 3 aromatic rings. The molecule has 5 heteroatoms. The lowest BCUT2D eigenvalue weighted by Gasteiger charge is -2.07. The Morgan fingerprint density at radius 3 is 2.15 bits per heavy atom. The van der Waals surface area contributed by atoms with E-state index >= 15 is 0 Å². The van der Waals surface area contributed by atoms with Gasteiger partial charge in [-0.3, -0.25) is 0 Å². The second-order valence-corrected chi connectivity index (χ2v) is 8.41. The smallest absolute Gasteiger partial charge is 0.347 e. The van der Waals surface area contributed by atoms with Gasteiger partial charge in [-0.1, -0.05) is 76.3 Å². The second kappa shape index (κ2) is 12.8. The van der Waals surface area contributed by atoms with Gasteiger partial charge in [0, 0.05) is 5.56 Å². The Bertz CT molecular complexity index is 1020. The highest BCUT2D eigenvalue weighted by Gasteiger charge is 2.16. The van der Waals surface area contributed by atoms with Gasteiger partial charge in [0.25, 0.3) is 0 Å². The normalized spacial score (nSPS) is 10.9. The number of carbonyl (C=O) groups is 1. The molecule has 0 amide bonds. The average molecular weight is 449 g/mol. The third kappa shape index (κ3) is 7.48. The van der Waals surface area contributed by atoms with Crippen LogP contribution < -0.4 is 4.74 Å². The van der Waals surface area contributed by atoms with Crippen LogP contribution in [0, 0.1) is 5.82 Å². The van der Waals surface area contributed by atoms with Crippen LogP contribution in [0.4, 0.5) is 4.39 Å². The van der Waals surface area contributed by atoms with Crippen molar-refractivity contribution < 1.29 is 13.9 Å². The molecule has 0 aliphatic carbocycles. The summed E-state index contributed by atoms with van der Waals surface area (Å²) in [5, 5.41) is 0. The van der Waals surface area contributed by atoms with Gasteiger partial charge in [-0.25, -0.2) is 19.2 Å². The van der Waals surface area contributed by atoms with Crippen LogP contribution in [0.3, 0.4) is 0 Å². The molecular formula is C28H33FN2O2. The standard InChI is InChI=1S/C28H33FN2O2/c1-3-5-7-9-11-22-14-17-24(25(29)18-22)28(32)33-27-20-30-26(19-31-27)23-15-12-21(13-16-23)10-8-6-4-2/h12-20H,3-11H2,1-2H3. The van der Waals surface area contributed by atoms with E-state index in [9.17, 15) is 9.18 Å². The third-order valence-corrected chi connectivity index (χ3v) is 5.72. The van der Waals surface area contributed by atoms with Gasteiger partial charge in [-0.2, -0.15) is 0 Å². The Hall–Kier alpha value is -3.08. The maximum atomic E-state index is 14.5. The second-order valence-electron chi connectivity index (χ2n) is 8.41. The van der Waals surface area contributed by atoms with E-state index < -0.39 is 11.8 Å². The van der Waals surface area contributed by atoms with E-state index in [2.05, 4.69) is 35.9 Å². The van der Waals surface area contributed by atoms with Crippen molar-refractivity contribution in [1.29, 1.82) is 0 Å². The third-order valence-electron chi connectivity index (χ3n) is 5.72. The fourth-order valence-electron chi connectivity index (χ4n) is 3.72. The first kappa shape index (κ1) is 24.6. The zero-order chi connectivity index (χ0) is 23.5. The van der Waals surface area contributed by atoms with Gasteiger partial charge in [-0.15, -0.1) is 0 Å². The highest BCUT2D eigenvalue weighted by molar-refractivity contribution is 5.91. The van der Waals surface area contributed by atoms with Crippen LogP contribution in [0.1, 0.15) is 80.3 Å². The lowest BCUT2D eigenvalue weighted by molar-refractivity contribution is 0.0722. The fourth-order valence-corrected chi connectivity index (χ4v) is 3.72. The Kier molecular flexibility index (Phi) is 9.55. The molecule has 4 nitrogen and oxygen atoms in total.